The highest BCUT2D eigenvalue weighted by atomic mass is 32.2. The lowest BCUT2D eigenvalue weighted by molar-refractivity contribution is -0.142. The third kappa shape index (κ3) is 3.30. The van der Waals surface area contributed by atoms with Crippen LogP contribution >= 0.6 is 0 Å². The molecule has 0 saturated carbocycles. The summed E-state index contributed by atoms with van der Waals surface area (Å²) in [6.07, 6.45) is 1.49. The molecule has 136 valence electrons. The van der Waals surface area contributed by atoms with Crippen molar-refractivity contribution in [1.29, 1.82) is 0 Å². The van der Waals surface area contributed by atoms with Crippen LogP contribution in [0.1, 0.15) is 18.1 Å². The number of aromatic nitrogens is 1. The molecule has 0 aliphatic carbocycles. The molecule has 1 heterocycles. The van der Waals surface area contributed by atoms with Crippen molar-refractivity contribution >= 4 is 26.9 Å². The maximum atomic E-state index is 13.1. The lowest BCUT2D eigenvalue weighted by Crippen LogP contribution is -2.11. The van der Waals surface area contributed by atoms with E-state index in [1.54, 1.807) is 42.5 Å². The molecular formula is C19H19NO5S. The van der Waals surface area contributed by atoms with Crippen LogP contribution in [0.3, 0.4) is 0 Å². The minimum atomic E-state index is -3.78. The number of methoxy groups -OCH3 is 1. The summed E-state index contributed by atoms with van der Waals surface area (Å²) in [6.45, 7) is 3.18. The Morgan fingerprint density at radius 2 is 1.81 bits per heavy atom. The number of carbonyl (C=O) groups is 1. The predicted molar refractivity (Wildman–Crippen MR) is 97.7 cm³/mol. The molecule has 0 bridgehead atoms. The van der Waals surface area contributed by atoms with Crippen LogP contribution in [0.4, 0.5) is 0 Å². The summed E-state index contributed by atoms with van der Waals surface area (Å²) in [4.78, 5) is 11.4. The molecule has 0 aliphatic rings. The third-order valence-corrected chi connectivity index (χ3v) is 5.76. The average Bonchev–Trinajstić information content (AvgIpc) is 2.99. The minimum absolute atomic E-state index is 0.0184. The van der Waals surface area contributed by atoms with Gasteiger partial charge in [-0.1, -0.05) is 17.7 Å². The van der Waals surface area contributed by atoms with Crippen LogP contribution in [-0.2, 0) is 26.2 Å². The molecule has 0 spiro atoms. The van der Waals surface area contributed by atoms with Crippen LogP contribution < -0.4 is 4.74 Å². The summed E-state index contributed by atoms with van der Waals surface area (Å²) in [5.74, 6) is 0.155. The predicted octanol–water partition coefficient (Wildman–Crippen LogP) is 3.26. The second kappa shape index (κ2) is 6.84. The van der Waals surface area contributed by atoms with Crippen molar-refractivity contribution in [2.24, 2.45) is 0 Å². The number of ether oxygens (including phenoxy) is 2. The minimum Gasteiger partial charge on any atom is -0.497 e. The maximum Gasteiger partial charge on any atom is 0.302 e. The highest BCUT2D eigenvalue weighted by Crippen LogP contribution is 2.29. The van der Waals surface area contributed by atoms with E-state index in [2.05, 4.69) is 0 Å². The second-order valence-corrected chi connectivity index (χ2v) is 7.75. The van der Waals surface area contributed by atoms with Gasteiger partial charge in [0.1, 0.15) is 12.4 Å². The van der Waals surface area contributed by atoms with Gasteiger partial charge in [-0.3, -0.25) is 4.79 Å². The molecule has 3 rings (SSSR count). The summed E-state index contributed by atoms with van der Waals surface area (Å²) in [7, 11) is -2.25. The van der Waals surface area contributed by atoms with Crippen molar-refractivity contribution in [3.63, 3.8) is 0 Å². The first-order valence-corrected chi connectivity index (χ1v) is 9.40. The summed E-state index contributed by atoms with van der Waals surface area (Å²) in [6, 6.07) is 11.8. The Bertz CT molecular complexity index is 1070. The van der Waals surface area contributed by atoms with Gasteiger partial charge in [0.15, 0.2) is 0 Å². The molecule has 6 nitrogen and oxygen atoms in total. The molecule has 0 amide bonds. The Labute approximate surface area is 152 Å². The fourth-order valence-corrected chi connectivity index (χ4v) is 4.08. The Balaban J connectivity index is 2.19. The molecule has 0 fully saturated rings. The number of fused-ring (bicyclic) bond motifs is 1. The zero-order valence-electron chi connectivity index (χ0n) is 14.7. The number of nitrogens with zero attached hydrogens (tertiary/aromatic N) is 1. The summed E-state index contributed by atoms with van der Waals surface area (Å²) < 4.78 is 37.7. The fourth-order valence-electron chi connectivity index (χ4n) is 2.69. The van der Waals surface area contributed by atoms with Crippen molar-refractivity contribution in [3.05, 3.63) is 59.8 Å². The number of carbonyl (C=O) groups excluding carboxylic acids is 1. The van der Waals surface area contributed by atoms with Gasteiger partial charge in [-0.25, -0.2) is 12.4 Å². The van der Waals surface area contributed by atoms with Gasteiger partial charge in [0.25, 0.3) is 10.0 Å². The van der Waals surface area contributed by atoms with Crippen LogP contribution in [0.5, 0.6) is 5.75 Å². The smallest absolute Gasteiger partial charge is 0.302 e. The molecule has 0 saturated heterocycles. The van der Waals surface area contributed by atoms with E-state index in [1.807, 2.05) is 6.92 Å². The normalized spacial score (nSPS) is 11.5. The van der Waals surface area contributed by atoms with Crippen molar-refractivity contribution in [2.75, 3.05) is 7.11 Å². The first-order chi connectivity index (χ1) is 12.3. The summed E-state index contributed by atoms with van der Waals surface area (Å²) in [5, 5.41) is 0.654. The molecule has 0 N–H and O–H groups in total. The van der Waals surface area contributed by atoms with E-state index in [1.165, 1.54) is 24.2 Å². The van der Waals surface area contributed by atoms with Crippen LogP contribution in [0.2, 0.25) is 0 Å². The van der Waals surface area contributed by atoms with E-state index < -0.39 is 16.0 Å². The monoisotopic (exact) mass is 373 g/mol. The van der Waals surface area contributed by atoms with E-state index in [0.717, 1.165) is 5.56 Å². The molecule has 0 atom stereocenters. The highest BCUT2D eigenvalue weighted by Gasteiger charge is 2.22. The maximum absolute atomic E-state index is 13.1. The van der Waals surface area contributed by atoms with Gasteiger partial charge in [-0.2, -0.15) is 0 Å². The van der Waals surface area contributed by atoms with Crippen LogP contribution in [0.25, 0.3) is 10.9 Å². The SMILES string of the molecule is COc1ccc2c(c1)c(COC(C)=O)cn2S(=O)(=O)c1ccc(C)cc1. The van der Waals surface area contributed by atoms with Crippen LogP contribution in [0.15, 0.2) is 53.6 Å². The molecule has 2 aromatic carbocycles. The largest absolute Gasteiger partial charge is 0.497 e. The van der Waals surface area contributed by atoms with Gasteiger partial charge < -0.3 is 9.47 Å². The Morgan fingerprint density at radius 3 is 2.42 bits per heavy atom. The van der Waals surface area contributed by atoms with Gasteiger partial charge >= 0.3 is 5.97 Å². The molecule has 3 aromatic rings. The number of hydrogen-bond donors (Lipinski definition) is 0. The zero-order valence-corrected chi connectivity index (χ0v) is 15.5. The van der Waals surface area contributed by atoms with Gasteiger partial charge in [-0.15, -0.1) is 0 Å². The highest BCUT2D eigenvalue weighted by molar-refractivity contribution is 7.90. The lowest BCUT2D eigenvalue weighted by Gasteiger charge is -2.08. The first kappa shape index (κ1) is 18.0. The molecule has 0 unspecified atom stereocenters. The second-order valence-electron chi connectivity index (χ2n) is 5.93. The number of hydrogen-bond acceptors (Lipinski definition) is 5. The zero-order chi connectivity index (χ0) is 18.9. The van der Waals surface area contributed by atoms with Crippen molar-refractivity contribution in [3.8, 4) is 5.75 Å². The Hall–Kier alpha value is -2.80. The fraction of sp³-hybridized carbons (Fsp3) is 0.211. The number of rotatable bonds is 5. The quantitative estimate of drug-likeness (QED) is 0.642. The third-order valence-electron chi connectivity index (χ3n) is 4.07. The van der Waals surface area contributed by atoms with Gasteiger partial charge in [0, 0.05) is 24.1 Å². The van der Waals surface area contributed by atoms with E-state index in [9.17, 15) is 13.2 Å². The Morgan fingerprint density at radius 1 is 1.12 bits per heavy atom. The molecule has 1 aromatic heterocycles. The first-order valence-electron chi connectivity index (χ1n) is 7.96. The van der Waals surface area contributed by atoms with Crippen molar-refractivity contribution in [1.82, 2.24) is 3.97 Å². The van der Waals surface area contributed by atoms with Crippen LogP contribution in [0, 0.1) is 6.92 Å². The molecule has 0 aliphatic heterocycles. The molecule has 0 radical (unpaired) electrons. The van der Waals surface area contributed by atoms with Crippen LogP contribution in [-0.4, -0.2) is 25.5 Å². The lowest BCUT2D eigenvalue weighted by atomic mass is 10.2. The van der Waals surface area contributed by atoms with Gasteiger partial charge in [0.05, 0.1) is 17.5 Å². The topological polar surface area (TPSA) is 74.6 Å². The standard InChI is InChI=1S/C19H19NO5S/c1-13-4-7-17(8-5-13)26(22,23)20-11-15(12-25-14(2)21)18-10-16(24-3)6-9-19(18)20/h4-11H,12H2,1-3H3. The van der Waals surface area contributed by atoms with Crippen molar-refractivity contribution < 1.29 is 22.7 Å². The van der Waals surface area contributed by atoms with Gasteiger partial charge in [-0.05, 0) is 37.3 Å². The van der Waals surface area contributed by atoms with E-state index in [-0.39, 0.29) is 11.5 Å². The summed E-state index contributed by atoms with van der Waals surface area (Å²) >= 11 is 0. The number of esters is 1. The van der Waals surface area contributed by atoms with E-state index >= 15 is 0 Å². The molecular weight excluding hydrogens is 354 g/mol. The van der Waals surface area contributed by atoms with Gasteiger partial charge in [0.2, 0.25) is 0 Å². The molecule has 7 heteroatoms. The van der Waals surface area contributed by atoms with E-state index in [0.29, 0.717) is 22.2 Å². The molecule has 26 heavy (non-hydrogen) atoms. The number of benzene rings is 2. The van der Waals surface area contributed by atoms with Crippen molar-refractivity contribution in [2.45, 2.75) is 25.3 Å². The van der Waals surface area contributed by atoms with E-state index in [4.69, 9.17) is 9.47 Å². The number of aryl methyl sites for hydroxylation is 1. The average molecular weight is 373 g/mol. The summed E-state index contributed by atoms with van der Waals surface area (Å²) in [5.41, 5.74) is 2.06. The Kier molecular flexibility index (Phi) is 4.73.